The van der Waals surface area contributed by atoms with Gasteiger partial charge in [-0.2, -0.15) is 8.42 Å². The lowest BCUT2D eigenvalue weighted by Gasteiger charge is -2.30. The highest BCUT2D eigenvalue weighted by atomic mass is 32.3. The van der Waals surface area contributed by atoms with Crippen molar-refractivity contribution in [2.24, 2.45) is 0 Å². The number of pyridine rings is 1. The molecule has 2 aromatic rings. The molecule has 8 heteroatoms. The van der Waals surface area contributed by atoms with E-state index in [0.717, 1.165) is 48.8 Å². The molecule has 1 aromatic carbocycles. The molecule has 170 valence electrons. The third kappa shape index (κ3) is 4.86. The van der Waals surface area contributed by atoms with E-state index in [4.69, 9.17) is 4.55 Å². The molecular weight excluding hydrogens is 428 g/mol. The molecule has 1 aromatic heterocycles. The number of fused-ring (bicyclic) bond motifs is 2. The first kappa shape index (κ1) is 22.5. The fourth-order valence-electron chi connectivity index (χ4n) is 4.62. The molecule has 0 atom stereocenters. The predicted octanol–water partition coefficient (Wildman–Crippen LogP) is 3.89. The molecule has 0 radical (unpaired) electrons. The SMILES string of the molecule is CCCC(=O)N1CCC(=C2c3ccc(C)cc3CCc3ccc(OS(=O)(=O)O)nc32)CC1. The molecule has 32 heavy (non-hydrogen) atoms. The molecule has 4 rings (SSSR count). The Hall–Kier alpha value is -2.71. The number of hydrogen-bond acceptors (Lipinski definition) is 5. The minimum absolute atomic E-state index is 0.157. The van der Waals surface area contributed by atoms with E-state index in [1.165, 1.54) is 22.8 Å². The van der Waals surface area contributed by atoms with Crippen LogP contribution in [-0.2, 0) is 28.0 Å². The second-order valence-electron chi connectivity index (χ2n) is 8.44. The molecule has 0 unspecified atom stereocenters. The summed E-state index contributed by atoms with van der Waals surface area (Å²) in [7, 11) is -4.67. The number of likely N-dealkylation sites (tertiary alicyclic amines) is 1. The second kappa shape index (κ2) is 9.03. The van der Waals surface area contributed by atoms with E-state index < -0.39 is 10.4 Å². The van der Waals surface area contributed by atoms with Crippen LogP contribution in [0.5, 0.6) is 5.88 Å². The van der Waals surface area contributed by atoms with Crippen molar-refractivity contribution in [1.82, 2.24) is 9.88 Å². The quantitative estimate of drug-likeness (QED) is 0.701. The maximum absolute atomic E-state index is 12.3. The van der Waals surface area contributed by atoms with E-state index in [1.54, 1.807) is 0 Å². The van der Waals surface area contributed by atoms with Gasteiger partial charge in [0, 0.05) is 31.1 Å². The van der Waals surface area contributed by atoms with Gasteiger partial charge in [-0.15, -0.1) is 0 Å². The summed E-state index contributed by atoms with van der Waals surface area (Å²) in [5.74, 6) is 0.0336. The summed E-state index contributed by atoms with van der Waals surface area (Å²) in [4.78, 5) is 18.8. The van der Waals surface area contributed by atoms with E-state index in [-0.39, 0.29) is 11.8 Å². The number of rotatable bonds is 4. The Morgan fingerprint density at radius 3 is 2.50 bits per heavy atom. The summed E-state index contributed by atoms with van der Waals surface area (Å²) < 4.78 is 36.3. The van der Waals surface area contributed by atoms with Crippen LogP contribution < -0.4 is 4.18 Å². The first-order chi connectivity index (χ1) is 15.2. The number of piperidine rings is 1. The van der Waals surface area contributed by atoms with Gasteiger partial charge < -0.3 is 9.08 Å². The van der Waals surface area contributed by atoms with Crippen LogP contribution in [0.3, 0.4) is 0 Å². The topological polar surface area (TPSA) is 96.8 Å². The number of carbonyl (C=O) groups excluding carboxylic acids is 1. The molecule has 2 aliphatic rings. The van der Waals surface area contributed by atoms with Gasteiger partial charge in [-0.05, 0) is 55.7 Å². The number of aromatic nitrogens is 1. The summed E-state index contributed by atoms with van der Waals surface area (Å²) in [5, 5.41) is 0. The van der Waals surface area contributed by atoms with Crippen molar-refractivity contribution in [3.63, 3.8) is 0 Å². The van der Waals surface area contributed by atoms with E-state index in [2.05, 4.69) is 34.3 Å². The van der Waals surface area contributed by atoms with Crippen molar-refractivity contribution in [1.29, 1.82) is 0 Å². The molecule has 1 aliphatic heterocycles. The molecular formula is C24H28N2O5S. The average Bonchev–Trinajstić information content (AvgIpc) is 2.89. The molecule has 7 nitrogen and oxygen atoms in total. The first-order valence-corrected chi connectivity index (χ1v) is 12.4. The van der Waals surface area contributed by atoms with Gasteiger partial charge in [0.05, 0.1) is 5.69 Å². The van der Waals surface area contributed by atoms with Crippen molar-refractivity contribution in [3.8, 4) is 5.88 Å². The van der Waals surface area contributed by atoms with Gasteiger partial charge in [0.15, 0.2) is 0 Å². The Morgan fingerprint density at radius 2 is 1.81 bits per heavy atom. The number of nitrogens with zero attached hydrogens (tertiary/aromatic N) is 2. The van der Waals surface area contributed by atoms with Crippen molar-refractivity contribution in [3.05, 3.63) is 63.9 Å². The molecule has 0 bridgehead atoms. The van der Waals surface area contributed by atoms with Gasteiger partial charge in [-0.25, -0.2) is 4.98 Å². The zero-order valence-electron chi connectivity index (χ0n) is 18.4. The Labute approximate surface area is 189 Å². The molecule has 0 saturated carbocycles. The minimum atomic E-state index is -4.67. The van der Waals surface area contributed by atoms with E-state index in [1.807, 2.05) is 17.9 Å². The number of benzene rings is 1. The second-order valence-corrected chi connectivity index (χ2v) is 9.46. The Kier molecular flexibility index (Phi) is 6.35. The summed E-state index contributed by atoms with van der Waals surface area (Å²) in [6, 6.07) is 9.67. The molecule has 1 saturated heterocycles. The van der Waals surface area contributed by atoms with Crippen LogP contribution in [0.2, 0.25) is 0 Å². The summed E-state index contributed by atoms with van der Waals surface area (Å²) in [6.07, 6.45) is 4.49. The predicted molar refractivity (Wildman–Crippen MR) is 122 cm³/mol. The van der Waals surface area contributed by atoms with Gasteiger partial charge in [0.2, 0.25) is 11.8 Å². The number of amides is 1. The van der Waals surface area contributed by atoms with E-state index >= 15 is 0 Å². The number of hydrogen-bond donors (Lipinski definition) is 1. The van der Waals surface area contributed by atoms with Crippen molar-refractivity contribution in [2.45, 2.75) is 52.4 Å². The van der Waals surface area contributed by atoms with Crippen molar-refractivity contribution in [2.75, 3.05) is 13.1 Å². The fraction of sp³-hybridized carbons (Fsp3) is 0.417. The van der Waals surface area contributed by atoms with Crippen LogP contribution in [0, 0.1) is 6.92 Å². The molecule has 1 amide bonds. The molecule has 1 aliphatic carbocycles. The maximum Gasteiger partial charge on any atom is 0.447 e. The highest BCUT2D eigenvalue weighted by Gasteiger charge is 2.27. The van der Waals surface area contributed by atoms with Gasteiger partial charge in [-0.3, -0.25) is 9.35 Å². The standard InChI is InChI=1S/C24H28N2O5S/c1-3-4-22(27)26-13-11-17(12-14-26)23-20-9-5-16(2)15-19(20)7-6-18-8-10-21(25-24(18)23)31-32(28,29)30/h5,8-10,15H,3-4,6-7,11-14H2,1-2H3,(H,28,29,30). The Bertz CT molecular complexity index is 1180. The molecule has 1 N–H and O–H groups in total. The van der Waals surface area contributed by atoms with E-state index in [0.29, 0.717) is 25.2 Å². The van der Waals surface area contributed by atoms with E-state index in [9.17, 15) is 13.2 Å². The minimum Gasteiger partial charge on any atom is -0.342 e. The zero-order chi connectivity index (χ0) is 22.9. The zero-order valence-corrected chi connectivity index (χ0v) is 19.2. The highest BCUT2D eigenvalue weighted by molar-refractivity contribution is 7.81. The third-order valence-electron chi connectivity index (χ3n) is 6.11. The van der Waals surface area contributed by atoms with Gasteiger partial charge in [0.25, 0.3) is 0 Å². The highest BCUT2D eigenvalue weighted by Crippen LogP contribution is 2.39. The van der Waals surface area contributed by atoms with Gasteiger partial charge in [0.1, 0.15) is 0 Å². The van der Waals surface area contributed by atoms with Gasteiger partial charge in [-0.1, -0.05) is 42.3 Å². The summed E-state index contributed by atoms with van der Waals surface area (Å²) >= 11 is 0. The lowest BCUT2D eigenvalue weighted by atomic mass is 9.88. The lowest BCUT2D eigenvalue weighted by molar-refractivity contribution is -0.131. The van der Waals surface area contributed by atoms with Crippen LogP contribution >= 0.6 is 0 Å². The van der Waals surface area contributed by atoms with Crippen LogP contribution in [-0.4, -0.2) is 41.9 Å². The van der Waals surface area contributed by atoms with Crippen molar-refractivity contribution >= 4 is 21.9 Å². The first-order valence-electron chi connectivity index (χ1n) is 11.0. The monoisotopic (exact) mass is 456 g/mol. The number of aryl methyl sites for hydroxylation is 3. The fourth-order valence-corrected chi connectivity index (χ4v) is 4.93. The molecule has 2 heterocycles. The van der Waals surface area contributed by atoms with Crippen LogP contribution in [0.25, 0.3) is 5.57 Å². The third-order valence-corrected chi connectivity index (χ3v) is 6.49. The summed E-state index contributed by atoms with van der Waals surface area (Å²) in [5.41, 5.74) is 7.40. The lowest BCUT2D eigenvalue weighted by Crippen LogP contribution is -2.36. The Morgan fingerprint density at radius 1 is 1.09 bits per heavy atom. The average molecular weight is 457 g/mol. The van der Waals surface area contributed by atoms with Gasteiger partial charge >= 0.3 is 10.4 Å². The Balaban J connectivity index is 1.81. The largest absolute Gasteiger partial charge is 0.447 e. The maximum atomic E-state index is 12.3. The van der Waals surface area contributed by atoms with Crippen LogP contribution in [0.15, 0.2) is 35.9 Å². The smallest absolute Gasteiger partial charge is 0.342 e. The van der Waals surface area contributed by atoms with Crippen LogP contribution in [0.1, 0.15) is 60.6 Å². The van der Waals surface area contributed by atoms with Crippen LogP contribution in [0.4, 0.5) is 0 Å². The summed E-state index contributed by atoms with van der Waals surface area (Å²) in [6.45, 7) is 5.40. The molecule has 0 spiro atoms. The molecule has 1 fully saturated rings. The normalized spacial score (nSPS) is 16.3. The van der Waals surface area contributed by atoms with Crippen molar-refractivity contribution < 1.29 is 21.9 Å². The number of carbonyl (C=O) groups is 1.